The molecule has 1 amide bonds. The molecule has 0 aliphatic carbocycles. The highest BCUT2D eigenvalue weighted by atomic mass is 35.5. The van der Waals surface area contributed by atoms with Gasteiger partial charge in [-0.25, -0.2) is 4.98 Å². The summed E-state index contributed by atoms with van der Waals surface area (Å²) in [6.45, 7) is 0. The van der Waals surface area contributed by atoms with Crippen molar-refractivity contribution in [2.45, 2.75) is 12.8 Å². The predicted octanol–water partition coefficient (Wildman–Crippen LogP) is 4.48. The molecule has 3 rings (SSSR count). The van der Waals surface area contributed by atoms with Crippen molar-refractivity contribution in [3.8, 4) is 0 Å². The number of halogens is 1. The van der Waals surface area contributed by atoms with Crippen molar-refractivity contribution in [3.63, 3.8) is 0 Å². The van der Waals surface area contributed by atoms with E-state index in [0.29, 0.717) is 11.4 Å². The molecule has 132 valence electrons. The van der Waals surface area contributed by atoms with E-state index in [1.807, 2.05) is 35.7 Å². The summed E-state index contributed by atoms with van der Waals surface area (Å²) in [6, 6.07) is 14.1. The Morgan fingerprint density at radius 3 is 2.73 bits per heavy atom. The molecule has 1 heterocycles. The van der Waals surface area contributed by atoms with Gasteiger partial charge in [0.1, 0.15) is 5.02 Å². The molecule has 1 aromatic heterocycles. The number of nitrogens with zero attached hydrogens (tertiary/aromatic N) is 2. The third kappa shape index (κ3) is 4.65. The Morgan fingerprint density at radius 2 is 2.00 bits per heavy atom. The van der Waals surface area contributed by atoms with Gasteiger partial charge in [-0.15, -0.1) is 11.3 Å². The van der Waals surface area contributed by atoms with Crippen LogP contribution in [-0.2, 0) is 17.6 Å². The minimum atomic E-state index is -0.589. The van der Waals surface area contributed by atoms with E-state index in [-0.39, 0.29) is 23.0 Å². The highest BCUT2D eigenvalue weighted by Gasteiger charge is 2.14. The Kier molecular flexibility index (Phi) is 5.60. The van der Waals surface area contributed by atoms with E-state index in [2.05, 4.69) is 10.3 Å². The number of rotatable bonds is 6. The number of hydrogen-bond donors (Lipinski definition) is 1. The molecular weight excluding hydrogens is 374 g/mol. The van der Waals surface area contributed by atoms with Crippen LogP contribution in [0.25, 0.3) is 0 Å². The summed E-state index contributed by atoms with van der Waals surface area (Å²) in [5.74, 6) is -0.293. The van der Waals surface area contributed by atoms with Gasteiger partial charge >= 0.3 is 0 Å². The molecule has 0 fully saturated rings. The van der Waals surface area contributed by atoms with Gasteiger partial charge in [0, 0.05) is 23.6 Å². The number of nitro groups is 1. The van der Waals surface area contributed by atoms with Crippen LogP contribution in [-0.4, -0.2) is 15.8 Å². The Labute approximate surface area is 158 Å². The first-order valence-electron chi connectivity index (χ1n) is 7.72. The summed E-state index contributed by atoms with van der Waals surface area (Å²) in [5.41, 5.74) is 1.90. The number of benzene rings is 2. The van der Waals surface area contributed by atoms with Crippen LogP contribution in [0.1, 0.15) is 16.3 Å². The number of thiazole rings is 1. The van der Waals surface area contributed by atoms with Crippen LogP contribution < -0.4 is 5.32 Å². The molecule has 0 atom stereocenters. The highest BCUT2D eigenvalue weighted by Crippen LogP contribution is 2.27. The van der Waals surface area contributed by atoms with Crippen molar-refractivity contribution in [3.05, 3.63) is 85.3 Å². The van der Waals surface area contributed by atoms with Crippen molar-refractivity contribution >= 4 is 40.2 Å². The summed E-state index contributed by atoms with van der Waals surface area (Å²) in [4.78, 5) is 27.0. The first kappa shape index (κ1) is 18.0. The van der Waals surface area contributed by atoms with Crippen LogP contribution >= 0.6 is 22.9 Å². The van der Waals surface area contributed by atoms with Crippen molar-refractivity contribution < 1.29 is 9.72 Å². The van der Waals surface area contributed by atoms with Crippen LogP contribution in [0.15, 0.2) is 53.9 Å². The normalized spacial score (nSPS) is 10.5. The lowest BCUT2D eigenvalue weighted by Gasteiger charge is -2.04. The van der Waals surface area contributed by atoms with Crippen molar-refractivity contribution in [2.75, 3.05) is 5.32 Å². The van der Waals surface area contributed by atoms with E-state index in [0.717, 1.165) is 17.0 Å². The summed E-state index contributed by atoms with van der Waals surface area (Å²) in [7, 11) is 0. The van der Waals surface area contributed by atoms with Gasteiger partial charge in [-0.2, -0.15) is 0 Å². The van der Waals surface area contributed by atoms with Gasteiger partial charge in [-0.05, 0) is 17.7 Å². The van der Waals surface area contributed by atoms with Crippen molar-refractivity contribution in [1.29, 1.82) is 0 Å². The molecule has 3 aromatic rings. The SMILES string of the molecule is O=C(Cc1csc(Cc2ccccc2)n1)Nc1ccc(Cl)c([N+](=O)[O-])c1. The van der Waals surface area contributed by atoms with Crippen LogP contribution in [0, 0.1) is 10.1 Å². The molecule has 0 aliphatic rings. The summed E-state index contributed by atoms with van der Waals surface area (Å²) < 4.78 is 0. The van der Waals surface area contributed by atoms with Crippen LogP contribution in [0.4, 0.5) is 11.4 Å². The molecule has 0 bridgehead atoms. The molecule has 6 nitrogen and oxygen atoms in total. The zero-order valence-electron chi connectivity index (χ0n) is 13.5. The number of carbonyl (C=O) groups is 1. The minimum Gasteiger partial charge on any atom is -0.325 e. The molecule has 26 heavy (non-hydrogen) atoms. The number of aromatic nitrogens is 1. The first-order chi connectivity index (χ1) is 12.5. The van der Waals surface area contributed by atoms with Gasteiger partial charge in [0.05, 0.1) is 22.0 Å². The van der Waals surface area contributed by atoms with Crippen molar-refractivity contribution in [2.24, 2.45) is 0 Å². The fraction of sp³-hybridized carbons (Fsp3) is 0.111. The van der Waals surface area contributed by atoms with Gasteiger partial charge < -0.3 is 5.32 Å². The van der Waals surface area contributed by atoms with Gasteiger partial charge in [0.2, 0.25) is 5.91 Å². The molecular formula is C18H14ClN3O3S. The second kappa shape index (κ2) is 8.07. The maximum absolute atomic E-state index is 12.2. The lowest BCUT2D eigenvalue weighted by molar-refractivity contribution is -0.384. The van der Waals surface area contributed by atoms with E-state index in [9.17, 15) is 14.9 Å². The lowest BCUT2D eigenvalue weighted by Crippen LogP contribution is -2.14. The third-order valence-corrected chi connectivity index (χ3v) is 4.78. The highest BCUT2D eigenvalue weighted by molar-refractivity contribution is 7.09. The molecule has 0 saturated heterocycles. The standard InChI is InChI=1S/C18H14ClN3O3S/c19-15-7-6-13(9-16(15)22(24)25)20-17(23)10-14-11-26-18(21-14)8-12-4-2-1-3-5-12/h1-7,9,11H,8,10H2,(H,20,23). The molecule has 0 unspecified atom stereocenters. The molecule has 0 radical (unpaired) electrons. The average Bonchev–Trinajstić information content (AvgIpc) is 3.04. The number of carbonyl (C=O) groups excluding carboxylic acids is 1. The van der Waals surface area contributed by atoms with E-state index in [1.165, 1.54) is 29.5 Å². The zero-order chi connectivity index (χ0) is 18.5. The molecule has 0 saturated carbocycles. The van der Waals surface area contributed by atoms with E-state index in [1.54, 1.807) is 0 Å². The van der Waals surface area contributed by atoms with Gasteiger partial charge in [0.25, 0.3) is 5.69 Å². The minimum absolute atomic E-state index is 0.0260. The summed E-state index contributed by atoms with van der Waals surface area (Å²) >= 11 is 7.27. The van der Waals surface area contributed by atoms with Gasteiger partial charge in [-0.3, -0.25) is 14.9 Å². The third-order valence-electron chi connectivity index (χ3n) is 3.57. The predicted molar refractivity (Wildman–Crippen MR) is 102 cm³/mol. The van der Waals surface area contributed by atoms with Crippen LogP contribution in [0.2, 0.25) is 5.02 Å². The second-order valence-corrected chi connectivity index (χ2v) is 6.89. The van der Waals surface area contributed by atoms with E-state index < -0.39 is 4.92 Å². The quantitative estimate of drug-likeness (QED) is 0.499. The van der Waals surface area contributed by atoms with Crippen LogP contribution in [0.3, 0.4) is 0 Å². The molecule has 2 aromatic carbocycles. The zero-order valence-corrected chi connectivity index (χ0v) is 15.1. The second-order valence-electron chi connectivity index (χ2n) is 5.54. The number of anilines is 1. The van der Waals surface area contributed by atoms with Crippen molar-refractivity contribution in [1.82, 2.24) is 4.98 Å². The first-order valence-corrected chi connectivity index (χ1v) is 8.98. The average molecular weight is 388 g/mol. The molecule has 0 spiro atoms. The Morgan fingerprint density at radius 1 is 1.23 bits per heavy atom. The molecule has 1 N–H and O–H groups in total. The monoisotopic (exact) mass is 387 g/mol. The molecule has 0 aliphatic heterocycles. The van der Waals surface area contributed by atoms with Gasteiger partial charge in [0.15, 0.2) is 0 Å². The van der Waals surface area contributed by atoms with E-state index >= 15 is 0 Å². The smallest absolute Gasteiger partial charge is 0.289 e. The summed E-state index contributed by atoms with van der Waals surface area (Å²) in [5, 5.41) is 16.3. The van der Waals surface area contributed by atoms with Gasteiger partial charge in [-0.1, -0.05) is 41.9 Å². The lowest BCUT2D eigenvalue weighted by atomic mass is 10.2. The Balaban J connectivity index is 1.62. The Bertz CT molecular complexity index is 944. The number of hydrogen-bond acceptors (Lipinski definition) is 5. The fourth-order valence-electron chi connectivity index (χ4n) is 2.38. The van der Waals surface area contributed by atoms with Crippen LogP contribution in [0.5, 0.6) is 0 Å². The maximum Gasteiger partial charge on any atom is 0.289 e. The molecule has 8 heteroatoms. The maximum atomic E-state index is 12.2. The topological polar surface area (TPSA) is 85.1 Å². The summed E-state index contributed by atoms with van der Waals surface area (Å²) in [6.07, 6.45) is 0.818. The largest absolute Gasteiger partial charge is 0.325 e. The Hall–Kier alpha value is -2.77. The number of nitrogens with one attached hydrogen (secondary N) is 1. The number of nitro benzene ring substituents is 1. The van der Waals surface area contributed by atoms with E-state index in [4.69, 9.17) is 11.6 Å². The fourth-order valence-corrected chi connectivity index (χ4v) is 3.40. The number of amides is 1.